The third-order valence-corrected chi connectivity index (χ3v) is 4.15. The van der Waals surface area contributed by atoms with Crippen LogP contribution in [-0.4, -0.2) is 28.8 Å². The van der Waals surface area contributed by atoms with Crippen molar-refractivity contribution in [3.63, 3.8) is 0 Å². The maximum absolute atomic E-state index is 12.4. The fourth-order valence-corrected chi connectivity index (χ4v) is 2.53. The maximum Gasteiger partial charge on any atom is 0.315 e. The number of hydrogen-bond acceptors (Lipinski definition) is 5. The van der Waals surface area contributed by atoms with E-state index in [1.54, 1.807) is 13.8 Å². The van der Waals surface area contributed by atoms with Crippen molar-refractivity contribution in [3.8, 4) is 0 Å². The zero-order valence-corrected chi connectivity index (χ0v) is 16.5. The van der Waals surface area contributed by atoms with Crippen molar-refractivity contribution >= 4 is 23.5 Å². The number of carbonyl (C=O) groups excluding carboxylic acids is 3. The van der Waals surface area contributed by atoms with Gasteiger partial charge < -0.3 is 10.6 Å². The van der Waals surface area contributed by atoms with Crippen LogP contribution in [0, 0.1) is 16.0 Å². The van der Waals surface area contributed by atoms with E-state index in [-0.39, 0.29) is 17.2 Å². The van der Waals surface area contributed by atoms with Crippen LogP contribution in [0.2, 0.25) is 0 Å². The first-order valence-corrected chi connectivity index (χ1v) is 9.21. The second-order valence-corrected chi connectivity index (χ2v) is 6.79. The molecule has 0 aliphatic rings. The van der Waals surface area contributed by atoms with Gasteiger partial charge in [0.2, 0.25) is 0 Å². The van der Waals surface area contributed by atoms with Gasteiger partial charge >= 0.3 is 6.03 Å². The highest BCUT2D eigenvalue weighted by Crippen LogP contribution is 2.12. The molecule has 2 rings (SSSR count). The number of nitrogens with one attached hydrogen (secondary N) is 4. The summed E-state index contributed by atoms with van der Waals surface area (Å²) in [4.78, 5) is 46.9. The second kappa shape index (κ2) is 10.6. The summed E-state index contributed by atoms with van der Waals surface area (Å²) in [6.45, 7) is 3.77. The van der Waals surface area contributed by atoms with Gasteiger partial charge in [-0.1, -0.05) is 50.2 Å². The molecule has 0 saturated heterocycles. The van der Waals surface area contributed by atoms with Crippen molar-refractivity contribution in [2.24, 2.45) is 5.92 Å². The average molecular weight is 413 g/mol. The standard InChI is InChI=1S/C20H23N5O5/c1-13(2)17(22-20(28)21-12-14-7-4-3-5-8-14)19(27)24-23-18(26)15-9-6-10-16(11-15)25(29)30/h3-11,13,17H,12H2,1-2H3,(H,23,26)(H,24,27)(H2,21,22,28). The lowest BCUT2D eigenvalue weighted by Crippen LogP contribution is -2.55. The van der Waals surface area contributed by atoms with Crippen LogP contribution in [0.3, 0.4) is 0 Å². The highest BCUT2D eigenvalue weighted by atomic mass is 16.6. The quantitative estimate of drug-likeness (QED) is 0.405. The maximum atomic E-state index is 12.4. The van der Waals surface area contributed by atoms with Gasteiger partial charge in [-0.15, -0.1) is 0 Å². The summed E-state index contributed by atoms with van der Waals surface area (Å²) in [6, 6.07) is 12.9. The molecule has 0 spiro atoms. The summed E-state index contributed by atoms with van der Waals surface area (Å²) in [5.74, 6) is -1.61. The molecule has 1 unspecified atom stereocenters. The van der Waals surface area contributed by atoms with E-state index in [0.717, 1.165) is 11.6 Å². The minimum atomic E-state index is -0.911. The number of rotatable bonds is 7. The minimum Gasteiger partial charge on any atom is -0.334 e. The van der Waals surface area contributed by atoms with Gasteiger partial charge in [-0.05, 0) is 17.5 Å². The fraction of sp³-hybridized carbons (Fsp3) is 0.250. The SMILES string of the molecule is CC(C)C(NC(=O)NCc1ccccc1)C(=O)NNC(=O)c1cccc([N+](=O)[O-])c1. The first kappa shape index (κ1) is 22.3. The number of nitro groups is 1. The molecular formula is C20H23N5O5. The highest BCUT2D eigenvalue weighted by Gasteiger charge is 2.24. The lowest BCUT2D eigenvalue weighted by molar-refractivity contribution is -0.384. The molecule has 2 aromatic carbocycles. The Bertz CT molecular complexity index is 917. The Morgan fingerprint density at radius 1 is 1.00 bits per heavy atom. The van der Waals surface area contributed by atoms with Crippen molar-refractivity contribution in [2.75, 3.05) is 0 Å². The van der Waals surface area contributed by atoms with Gasteiger partial charge in [-0.2, -0.15) is 0 Å². The Balaban J connectivity index is 1.90. The third kappa shape index (κ3) is 6.59. The molecule has 4 amide bonds. The van der Waals surface area contributed by atoms with Crippen LogP contribution < -0.4 is 21.5 Å². The first-order valence-electron chi connectivity index (χ1n) is 9.21. The van der Waals surface area contributed by atoms with E-state index in [0.29, 0.717) is 6.54 Å². The van der Waals surface area contributed by atoms with Crippen molar-refractivity contribution in [3.05, 3.63) is 75.8 Å². The molecule has 4 N–H and O–H groups in total. The summed E-state index contributed by atoms with van der Waals surface area (Å²) in [7, 11) is 0. The normalized spacial score (nSPS) is 11.3. The van der Waals surface area contributed by atoms with Crippen LogP contribution in [0.25, 0.3) is 0 Å². The molecule has 2 aromatic rings. The molecule has 0 radical (unpaired) electrons. The monoisotopic (exact) mass is 413 g/mol. The number of benzene rings is 2. The number of nitrogens with zero attached hydrogens (tertiary/aromatic N) is 1. The van der Waals surface area contributed by atoms with E-state index in [2.05, 4.69) is 21.5 Å². The number of non-ortho nitro benzene ring substituents is 1. The Hall–Kier alpha value is -3.95. The fourth-order valence-electron chi connectivity index (χ4n) is 2.53. The van der Waals surface area contributed by atoms with Crippen LogP contribution in [-0.2, 0) is 11.3 Å². The van der Waals surface area contributed by atoms with E-state index in [9.17, 15) is 24.5 Å². The zero-order valence-electron chi connectivity index (χ0n) is 16.5. The summed E-state index contributed by atoms with van der Waals surface area (Å²) in [5.41, 5.74) is 5.11. The number of urea groups is 1. The molecule has 1 atom stereocenters. The molecule has 0 aliphatic carbocycles. The summed E-state index contributed by atoms with van der Waals surface area (Å²) < 4.78 is 0. The van der Waals surface area contributed by atoms with Crippen LogP contribution in [0.15, 0.2) is 54.6 Å². The van der Waals surface area contributed by atoms with E-state index >= 15 is 0 Å². The molecule has 0 saturated carbocycles. The highest BCUT2D eigenvalue weighted by molar-refractivity contribution is 5.96. The van der Waals surface area contributed by atoms with E-state index in [1.807, 2.05) is 30.3 Å². The molecule has 0 aliphatic heterocycles. The lowest BCUT2D eigenvalue weighted by Gasteiger charge is -2.22. The third-order valence-electron chi connectivity index (χ3n) is 4.15. The second-order valence-electron chi connectivity index (χ2n) is 6.79. The largest absolute Gasteiger partial charge is 0.334 e. The summed E-state index contributed by atoms with van der Waals surface area (Å²) in [5, 5.41) is 16.0. The van der Waals surface area contributed by atoms with Crippen molar-refractivity contribution in [1.29, 1.82) is 0 Å². The molecule has 158 valence electrons. The average Bonchev–Trinajstić information content (AvgIpc) is 2.74. The first-order chi connectivity index (χ1) is 14.3. The van der Waals surface area contributed by atoms with Gasteiger partial charge in [0.05, 0.1) is 4.92 Å². The van der Waals surface area contributed by atoms with Gasteiger partial charge in [0.25, 0.3) is 17.5 Å². The Morgan fingerprint density at radius 2 is 1.70 bits per heavy atom. The molecular weight excluding hydrogens is 390 g/mol. The van der Waals surface area contributed by atoms with Crippen LogP contribution in [0.4, 0.5) is 10.5 Å². The van der Waals surface area contributed by atoms with E-state index < -0.39 is 28.8 Å². The number of amides is 4. The number of carbonyl (C=O) groups is 3. The number of hydrogen-bond donors (Lipinski definition) is 4. The van der Waals surface area contributed by atoms with Gasteiger partial charge in [-0.25, -0.2) is 4.79 Å². The smallest absolute Gasteiger partial charge is 0.315 e. The molecule has 0 bridgehead atoms. The van der Waals surface area contributed by atoms with Gasteiger partial charge in [0.1, 0.15) is 6.04 Å². The number of hydrazine groups is 1. The van der Waals surface area contributed by atoms with Crippen LogP contribution in [0.5, 0.6) is 0 Å². The van der Waals surface area contributed by atoms with Crippen LogP contribution >= 0.6 is 0 Å². The summed E-state index contributed by atoms with van der Waals surface area (Å²) >= 11 is 0. The molecule has 0 aromatic heterocycles. The predicted molar refractivity (Wildman–Crippen MR) is 109 cm³/mol. The Morgan fingerprint density at radius 3 is 2.33 bits per heavy atom. The molecule has 30 heavy (non-hydrogen) atoms. The van der Waals surface area contributed by atoms with Gasteiger partial charge in [0, 0.05) is 24.2 Å². The lowest BCUT2D eigenvalue weighted by atomic mass is 10.0. The Kier molecular flexibility index (Phi) is 7.86. The Labute approximate surface area is 173 Å². The van der Waals surface area contributed by atoms with E-state index in [4.69, 9.17) is 0 Å². The zero-order chi connectivity index (χ0) is 22.1. The summed E-state index contributed by atoms with van der Waals surface area (Å²) in [6.07, 6.45) is 0. The van der Waals surface area contributed by atoms with Gasteiger partial charge in [-0.3, -0.25) is 30.6 Å². The molecule has 10 heteroatoms. The molecule has 0 heterocycles. The van der Waals surface area contributed by atoms with Crippen molar-refractivity contribution in [1.82, 2.24) is 21.5 Å². The topological polar surface area (TPSA) is 142 Å². The molecule has 10 nitrogen and oxygen atoms in total. The number of nitro benzene ring substituents is 1. The van der Waals surface area contributed by atoms with Crippen molar-refractivity contribution in [2.45, 2.75) is 26.4 Å². The van der Waals surface area contributed by atoms with Gasteiger partial charge in [0.15, 0.2) is 0 Å². The van der Waals surface area contributed by atoms with Crippen LogP contribution in [0.1, 0.15) is 29.8 Å². The minimum absolute atomic E-state index is 0.0131. The molecule has 0 fully saturated rings. The van der Waals surface area contributed by atoms with Crippen molar-refractivity contribution < 1.29 is 19.3 Å². The predicted octanol–water partition coefficient (Wildman–Crippen LogP) is 1.88. The van der Waals surface area contributed by atoms with E-state index in [1.165, 1.54) is 18.2 Å².